The first-order chi connectivity index (χ1) is 9.13. The molecule has 1 heterocycles. The second-order valence-corrected chi connectivity index (χ2v) is 3.54. The number of ether oxygens (including phenoxy) is 1. The highest BCUT2D eigenvalue weighted by molar-refractivity contribution is 5.91. The predicted molar refractivity (Wildman–Crippen MR) is 68.7 cm³/mol. The number of rotatable bonds is 2. The van der Waals surface area contributed by atoms with Gasteiger partial charge in [0.05, 0.1) is 36.6 Å². The lowest BCUT2D eigenvalue weighted by atomic mass is 10.2. The van der Waals surface area contributed by atoms with Crippen LogP contribution in [0, 0.1) is 5.21 Å². The van der Waals surface area contributed by atoms with Crippen molar-refractivity contribution in [1.82, 2.24) is 5.43 Å². The lowest BCUT2D eigenvalue weighted by Crippen LogP contribution is -2.28. The smallest absolute Gasteiger partial charge is 0.427 e. The molecule has 1 aliphatic rings. The molecule has 1 aliphatic heterocycles. The molecule has 0 spiro atoms. The fraction of sp³-hybridized carbons (Fsp3) is 0.0909. The Labute approximate surface area is 108 Å². The number of nitrogens with zero attached hydrogens (tertiary/aromatic N) is 3. The molecule has 19 heavy (non-hydrogen) atoms. The highest BCUT2D eigenvalue weighted by Gasteiger charge is 2.16. The molecule has 8 heteroatoms. The van der Waals surface area contributed by atoms with E-state index in [0.717, 1.165) is 11.3 Å². The maximum absolute atomic E-state index is 12.0. The zero-order valence-corrected chi connectivity index (χ0v) is 9.98. The quantitative estimate of drug-likeness (QED) is 0.617. The van der Waals surface area contributed by atoms with Gasteiger partial charge in [-0.25, -0.2) is 15.3 Å². The van der Waals surface area contributed by atoms with Gasteiger partial charge >= 0.3 is 6.09 Å². The van der Waals surface area contributed by atoms with Crippen LogP contribution in [0.15, 0.2) is 41.3 Å². The molecule has 100 valence electrons. The lowest BCUT2D eigenvalue weighted by Gasteiger charge is -2.38. The Kier molecular flexibility index (Phi) is 3.64. The Bertz CT molecular complexity index is 543. The van der Waals surface area contributed by atoms with E-state index in [1.807, 2.05) is 5.43 Å². The fourth-order valence-corrected chi connectivity index (χ4v) is 1.50. The molecule has 0 aliphatic carbocycles. The molecule has 0 atom stereocenters. The molecule has 1 aromatic carbocycles. The average molecular weight is 263 g/mol. The number of para-hydroxylation sites is 2. The SMILES string of the molecule is COC(=O)NN=CC1=CN(O)c2ccccc2N1[O-]. The Hall–Kier alpha value is -2.58. The summed E-state index contributed by atoms with van der Waals surface area (Å²) < 4.78 is 4.31. The standard InChI is InChI=1S/C11H11N4O4/c1-19-11(16)13-12-6-8-7-14(17)9-4-2-3-5-10(9)15(8)18/h2-7,17H,1H3,(H,13,16)/q-1. The molecular formula is C11H11N4O4-. The van der Waals surface area contributed by atoms with Gasteiger partial charge in [0.1, 0.15) is 0 Å². The number of hydrogen-bond donors (Lipinski definition) is 2. The van der Waals surface area contributed by atoms with Gasteiger partial charge in [0, 0.05) is 0 Å². The number of anilines is 2. The van der Waals surface area contributed by atoms with E-state index in [9.17, 15) is 15.2 Å². The third kappa shape index (κ3) is 2.64. The van der Waals surface area contributed by atoms with Crippen LogP contribution < -0.4 is 15.6 Å². The monoisotopic (exact) mass is 263 g/mol. The average Bonchev–Trinajstić information content (AvgIpc) is 2.44. The predicted octanol–water partition coefficient (Wildman–Crippen LogP) is 1.38. The second kappa shape index (κ2) is 5.38. The van der Waals surface area contributed by atoms with Gasteiger partial charge in [-0.15, -0.1) is 0 Å². The third-order valence-electron chi connectivity index (χ3n) is 2.37. The van der Waals surface area contributed by atoms with Crippen LogP contribution in [-0.2, 0) is 4.74 Å². The van der Waals surface area contributed by atoms with Crippen LogP contribution in [0.2, 0.25) is 0 Å². The van der Waals surface area contributed by atoms with Crippen LogP contribution in [0.1, 0.15) is 0 Å². The van der Waals surface area contributed by atoms with E-state index in [2.05, 4.69) is 9.84 Å². The summed E-state index contributed by atoms with van der Waals surface area (Å²) >= 11 is 0. The fourth-order valence-electron chi connectivity index (χ4n) is 1.50. The van der Waals surface area contributed by atoms with Gasteiger partial charge in [-0.2, -0.15) is 5.10 Å². The van der Waals surface area contributed by atoms with Crippen molar-refractivity contribution in [2.24, 2.45) is 5.10 Å². The van der Waals surface area contributed by atoms with Gasteiger partial charge in [0.25, 0.3) is 0 Å². The van der Waals surface area contributed by atoms with E-state index in [-0.39, 0.29) is 11.4 Å². The van der Waals surface area contributed by atoms with Crippen LogP contribution in [0.3, 0.4) is 0 Å². The lowest BCUT2D eigenvalue weighted by molar-refractivity contribution is 0.171. The van der Waals surface area contributed by atoms with Gasteiger partial charge in [0.15, 0.2) is 0 Å². The molecular weight excluding hydrogens is 252 g/mol. The highest BCUT2D eigenvalue weighted by atomic mass is 16.5. The molecule has 0 radical (unpaired) electrons. The number of carbonyl (C=O) groups is 1. The van der Waals surface area contributed by atoms with Gasteiger partial charge in [-0.3, -0.25) is 5.21 Å². The number of nitrogens with one attached hydrogen (secondary N) is 1. The number of hydrogen-bond acceptors (Lipinski definition) is 7. The van der Waals surface area contributed by atoms with Crippen LogP contribution in [0.4, 0.5) is 16.2 Å². The first-order valence-electron chi connectivity index (χ1n) is 5.26. The maximum Gasteiger partial charge on any atom is 0.427 e. The van der Waals surface area contributed by atoms with Crippen molar-refractivity contribution in [3.05, 3.63) is 41.4 Å². The number of methoxy groups -OCH3 is 1. The van der Waals surface area contributed by atoms with Crippen molar-refractivity contribution >= 4 is 23.7 Å². The molecule has 0 aromatic heterocycles. The van der Waals surface area contributed by atoms with Crippen molar-refractivity contribution in [3.8, 4) is 0 Å². The number of carbonyl (C=O) groups excluding carboxylic acids is 1. The van der Waals surface area contributed by atoms with Crippen LogP contribution in [-0.4, -0.2) is 24.6 Å². The number of amides is 1. The zero-order chi connectivity index (χ0) is 13.8. The Morgan fingerprint density at radius 2 is 2.16 bits per heavy atom. The zero-order valence-electron chi connectivity index (χ0n) is 9.98. The van der Waals surface area contributed by atoms with E-state index in [0.29, 0.717) is 10.8 Å². The van der Waals surface area contributed by atoms with Crippen molar-refractivity contribution in [3.63, 3.8) is 0 Å². The summed E-state index contributed by atoms with van der Waals surface area (Å²) in [6.07, 6.45) is 1.52. The second-order valence-electron chi connectivity index (χ2n) is 3.54. The van der Waals surface area contributed by atoms with E-state index < -0.39 is 6.09 Å². The van der Waals surface area contributed by atoms with E-state index >= 15 is 0 Å². The molecule has 8 nitrogen and oxygen atoms in total. The number of hydroxylamine groups is 2. The van der Waals surface area contributed by atoms with E-state index in [4.69, 9.17) is 0 Å². The van der Waals surface area contributed by atoms with Crippen molar-refractivity contribution in [2.75, 3.05) is 17.2 Å². The summed E-state index contributed by atoms with van der Waals surface area (Å²) in [7, 11) is 1.19. The summed E-state index contributed by atoms with van der Waals surface area (Å²) in [5.74, 6) is 0. The minimum Gasteiger partial charge on any atom is -0.754 e. The molecule has 0 saturated carbocycles. The highest BCUT2D eigenvalue weighted by Crippen LogP contribution is 2.33. The van der Waals surface area contributed by atoms with Crippen molar-refractivity contribution < 1.29 is 14.7 Å². The molecule has 0 unspecified atom stereocenters. The first kappa shape index (κ1) is 12.9. The maximum atomic E-state index is 12.0. The number of hydrazone groups is 1. The topological polar surface area (TPSA) is 100 Å². The summed E-state index contributed by atoms with van der Waals surface area (Å²) in [4.78, 5) is 10.8. The Balaban J connectivity index is 2.18. The van der Waals surface area contributed by atoms with Crippen molar-refractivity contribution in [1.29, 1.82) is 0 Å². The summed E-state index contributed by atoms with van der Waals surface area (Å²) in [5.41, 5.74) is 2.72. The van der Waals surface area contributed by atoms with Crippen LogP contribution in [0.25, 0.3) is 0 Å². The molecule has 1 aromatic rings. The first-order valence-corrected chi connectivity index (χ1v) is 5.26. The molecule has 2 N–H and O–H groups in total. The van der Waals surface area contributed by atoms with E-state index in [1.165, 1.54) is 13.3 Å². The van der Waals surface area contributed by atoms with E-state index in [1.54, 1.807) is 24.3 Å². The minimum absolute atomic E-state index is 0.0533. The minimum atomic E-state index is -0.758. The Morgan fingerprint density at radius 3 is 2.84 bits per heavy atom. The summed E-state index contributed by atoms with van der Waals surface area (Å²) in [6.45, 7) is 0. The normalized spacial score (nSPS) is 14.2. The summed E-state index contributed by atoms with van der Waals surface area (Å²) in [5, 5.41) is 26.6. The molecule has 2 rings (SSSR count). The third-order valence-corrected chi connectivity index (χ3v) is 2.37. The van der Waals surface area contributed by atoms with Crippen LogP contribution in [0.5, 0.6) is 0 Å². The molecule has 1 amide bonds. The van der Waals surface area contributed by atoms with Gasteiger partial charge in [-0.1, -0.05) is 12.1 Å². The largest absolute Gasteiger partial charge is 0.754 e. The molecule has 0 fully saturated rings. The summed E-state index contributed by atoms with van der Waals surface area (Å²) in [6, 6.07) is 6.52. The molecule has 0 bridgehead atoms. The number of allylic oxidation sites excluding steroid dienone is 1. The van der Waals surface area contributed by atoms with Gasteiger partial charge < -0.3 is 15.0 Å². The number of benzene rings is 1. The van der Waals surface area contributed by atoms with Gasteiger partial charge in [-0.05, 0) is 12.1 Å². The number of fused-ring (bicyclic) bond motifs is 1. The van der Waals surface area contributed by atoms with Crippen molar-refractivity contribution in [2.45, 2.75) is 0 Å². The van der Waals surface area contributed by atoms with Crippen LogP contribution >= 0.6 is 0 Å². The Morgan fingerprint density at radius 1 is 1.47 bits per heavy atom. The van der Waals surface area contributed by atoms with Gasteiger partial charge in [0.2, 0.25) is 0 Å². The molecule has 0 saturated heterocycles.